The van der Waals surface area contributed by atoms with Gasteiger partial charge in [-0.3, -0.25) is 9.48 Å². The fourth-order valence-corrected chi connectivity index (χ4v) is 5.45. The lowest BCUT2D eigenvalue weighted by Crippen LogP contribution is -2.55. The van der Waals surface area contributed by atoms with Crippen LogP contribution in [0.2, 0.25) is 0 Å². The smallest absolute Gasteiger partial charge is 0.341 e. The molecule has 1 amide bonds. The Morgan fingerprint density at radius 1 is 1.31 bits per heavy atom. The lowest BCUT2D eigenvalue weighted by atomic mass is 9.81. The fourth-order valence-electron chi connectivity index (χ4n) is 4.17. The number of thiophene rings is 1. The predicted molar refractivity (Wildman–Crippen MR) is 115 cm³/mol. The van der Waals surface area contributed by atoms with Crippen LogP contribution in [0.4, 0.5) is 5.00 Å². The van der Waals surface area contributed by atoms with Crippen molar-refractivity contribution in [2.45, 2.75) is 72.5 Å². The molecule has 29 heavy (non-hydrogen) atoms. The largest absolute Gasteiger partial charge is 0.462 e. The fraction of sp³-hybridized carbons (Fsp3) is 0.571. The number of esters is 1. The highest BCUT2D eigenvalue weighted by Crippen LogP contribution is 2.45. The topological polar surface area (TPSA) is 85.2 Å². The van der Waals surface area contributed by atoms with E-state index in [1.54, 1.807) is 11.6 Å². The number of amides is 1. The number of carbonyl (C=O) groups excluding carboxylic acids is 2. The van der Waals surface area contributed by atoms with Gasteiger partial charge in [-0.1, -0.05) is 0 Å². The molecule has 158 valence electrons. The van der Waals surface area contributed by atoms with E-state index in [4.69, 9.17) is 4.74 Å². The normalized spacial score (nSPS) is 16.9. The summed E-state index contributed by atoms with van der Waals surface area (Å²) in [7, 11) is 0. The lowest BCUT2D eigenvalue weighted by Gasteiger charge is -2.42. The third-order valence-corrected chi connectivity index (χ3v) is 6.44. The van der Waals surface area contributed by atoms with Crippen LogP contribution in [0.25, 0.3) is 0 Å². The van der Waals surface area contributed by atoms with E-state index >= 15 is 0 Å². The molecular weight excluding hydrogens is 388 g/mol. The number of aromatic nitrogens is 2. The van der Waals surface area contributed by atoms with Crippen LogP contribution in [-0.4, -0.2) is 33.8 Å². The molecule has 0 fully saturated rings. The van der Waals surface area contributed by atoms with Gasteiger partial charge in [-0.2, -0.15) is 5.10 Å². The number of fused-ring (bicyclic) bond motifs is 1. The summed E-state index contributed by atoms with van der Waals surface area (Å²) < 4.78 is 6.99. The molecule has 8 heteroatoms. The zero-order valence-electron chi connectivity index (χ0n) is 18.2. The van der Waals surface area contributed by atoms with E-state index in [-0.39, 0.29) is 36.1 Å². The minimum Gasteiger partial charge on any atom is -0.462 e. The van der Waals surface area contributed by atoms with Crippen LogP contribution in [0.5, 0.6) is 0 Å². The van der Waals surface area contributed by atoms with Gasteiger partial charge < -0.3 is 15.4 Å². The van der Waals surface area contributed by atoms with Gasteiger partial charge >= 0.3 is 5.97 Å². The zero-order chi connectivity index (χ0) is 21.6. The van der Waals surface area contributed by atoms with E-state index in [1.807, 2.05) is 19.9 Å². The first-order valence-corrected chi connectivity index (χ1v) is 10.7. The Balaban J connectivity index is 1.98. The first kappa shape index (κ1) is 21.5. The first-order valence-electron chi connectivity index (χ1n) is 9.87. The van der Waals surface area contributed by atoms with E-state index in [1.165, 1.54) is 11.3 Å². The van der Waals surface area contributed by atoms with Crippen LogP contribution < -0.4 is 10.6 Å². The highest BCUT2D eigenvalue weighted by Gasteiger charge is 2.42. The highest BCUT2D eigenvalue weighted by molar-refractivity contribution is 7.17. The Labute approximate surface area is 175 Å². The van der Waals surface area contributed by atoms with Gasteiger partial charge in [0.1, 0.15) is 11.5 Å². The lowest BCUT2D eigenvalue weighted by molar-refractivity contribution is -0.116. The second kappa shape index (κ2) is 7.57. The Bertz CT molecular complexity index is 956. The molecular formula is C21H30N4O3S. The van der Waals surface area contributed by atoms with Crippen molar-refractivity contribution in [1.82, 2.24) is 15.1 Å². The third kappa shape index (κ3) is 4.38. The molecule has 1 aliphatic heterocycles. The van der Waals surface area contributed by atoms with E-state index in [2.05, 4.69) is 43.4 Å². The van der Waals surface area contributed by atoms with Gasteiger partial charge in [0, 0.05) is 21.6 Å². The van der Waals surface area contributed by atoms with Gasteiger partial charge in [-0.15, -0.1) is 11.3 Å². The summed E-state index contributed by atoms with van der Waals surface area (Å²) >= 11 is 1.45. The van der Waals surface area contributed by atoms with Gasteiger partial charge in [0.15, 0.2) is 0 Å². The molecule has 2 aromatic heterocycles. The zero-order valence-corrected chi connectivity index (χ0v) is 19.0. The number of nitrogens with zero attached hydrogens (tertiary/aromatic N) is 2. The van der Waals surface area contributed by atoms with Crippen molar-refractivity contribution >= 4 is 28.2 Å². The summed E-state index contributed by atoms with van der Waals surface area (Å²) in [6.07, 6.45) is 0.684. The minimum absolute atomic E-state index is 0.0949. The molecule has 2 N–H and O–H groups in total. The van der Waals surface area contributed by atoms with E-state index in [0.717, 1.165) is 21.8 Å². The maximum Gasteiger partial charge on any atom is 0.341 e. The molecule has 1 aliphatic rings. The summed E-state index contributed by atoms with van der Waals surface area (Å²) in [4.78, 5) is 26.6. The molecule has 0 atom stereocenters. The van der Waals surface area contributed by atoms with Crippen molar-refractivity contribution < 1.29 is 14.3 Å². The van der Waals surface area contributed by atoms with Crippen LogP contribution in [-0.2, 0) is 28.0 Å². The molecule has 0 saturated heterocycles. The molecule has 0 unspecified atom stereocenters. The second-order valence-corrected chi connectivity index (χ2v) is 9.80. The van der Waals surface area contributed by atoms with Crippen LogP contribution in [0.1, 0.15) is 66.8 Å². The number of hydrogen-bond acceptors (Lipinski definition) is 6. The summed E-state index contributed by atoms with van der Waals surface area (Å²) in [5.41, 5.74) is 2.73. The molecule has 2 aromatic rings. The SMILES string of the molecule is CCOC(=O)c1c(NC(=O)Cn2nc(C)cc2C)sc2c1CC(C)(C)NC2(C)C. The molecule has 0 spiro atoms. The maximum atomic E-state index is 12.8. The number of carbonyl (C=O) groups is 2. The van der Waals surface area contributed by atoms with Crippen LogP contribution >= 0.6 is 11.3 Å². The van der Waals surface area contributed by atoms with Crippen molar-refractivity contribution in [2.75, 3.05) is 11.9 Å². The van der Waals surface area contributed by atoms with Crippen molar-refractivity contribution in [3.63, 3.8) is 0 Å². The molecule has 3 rings (SSSR count). The number of ether oxygens (including phenoxy) is 1. The van der Waals surface area contributed by atoms with Gasteiger partial charge in [0.2, 0.25) is 5.91 Å². The average Bonchev–Trinajstić information content (AvgIpc) is 3.05. The van der Waals surface area contributed by atoms with Crippen LogP contribution in [0, 0.1) is 13.8 Å². The van der Waals surface area contributed by atoms with Crippen LogP contribution in [0.15, 0.2) is 6.07 Å². The van der Waals surface area contributed by atoms with Gasteiger partial charge in [-0.05, 0) is 66.5 Å². The average molecular weight is 419 g/mol. The van der Waals surface area contributed by atoms with E-state index < -0.39 is 0 Å². The second-order valence-electron chi connectivity index (χ2n) is 8.78. The summed E-state index contributed by atoms with van der Waals surface area (Å²) in [6, 6.07) is 1.93. The molecule has 7 nitrogen and oxygen atoms in total. The third-order valence-electron chi connectivity index (χ3n) is 4.97. The quantitative estimate of drug-likeness (QED) is 0.726. The number of aryl methyl sites for hydroxylation is 2. The van der Waals surface area contributed by atoms with Crippen molar-refractivity contribution in [2.24, 2.45) is 0 Å². The van der Waals surface area contributed by atoms with E-state index in [0.29, 0.717) is 17.0 Å². The Kier molecular flexibility index (Phi) is 5.62. The Morgan fingerprint density at radius 3 is 2.59 bits per heavy atom. The number of nitrogens with one attached hydrogen (secondary N) is 2. The van der Waals surface area contributed by atoms with Crippen LogP contribution in [0.3, 0.4) is 0 Å². The first-order chi connectivity index (χ1) is 13.4. The van der Waals surface area contributed by atoms with Gasteiger partial charge in [0.25, 0.3) is 0 Å². The number of rotatable bonds is 5. The van der Waals surface area contributed by atoms with E-state index in [9.17, 15) is 9.59 Å². The minimum atomic E-state index is -0.389. The van der Waals surface area contributed by atoms with Crippen molar-refractivity contribution in [3.05, 3.63) is 33.5 Å². The molecule has 0 bridgehead atoms. The molecule has 0 aliphatic carbocycles. The summed E-state index contributed by atoms with van der Waals surface area (Å²) in [5, 5.41) is 11.5. The molecule has 0 aromatic carbocycles. The molecule has 0 saturated carbocycles. The molecule has 3 heterocycles. The number of anilines is 1. The Morgan fingerprint density at radius 2 is 2.00 bits per heavy atom. The van der Waals surface area contributed by atoms with Crippen molar-refractivity contribution in [1.29, 1.82) is 0 Å². The maximum absolute atomic E-state index is 12.8. The molecule has 0 radical (unpaired) electrons. The standard InChI is InChI=1S/C21H30N4O3S/c1-8-28-19(27)16-14-10-20(4,5)24-21(6,7)17(14)29-18(16)22-15(26)11-25-13(3)9-12(2)23-25/h9,24H,8,10-11H2,1-7H3,(H,22,26). The van der Waals surface area contributed by atoms with Gasteiger partial charge in [0.05, 0.1) is 17.9 Å². The summed E-state index contributed by atoms with van der Waals surface area (Å²) in [5.74, 6) is -0.606. The summed E-state index contributed by atoms with van der Waals surface area (Å²) in [6.45, 7) is 14.4. The van der Waals surface area contributed by atoms with Crippen molar-refractivity contribution in [3.8, 4) is 0 Å². The Hall–Kier alpha value is -2.19. The van der Waals surface area contributed by atoms with Gasteiger partial charge in [-0.25, -0.2) is 4.79 Å². The predicted octanol–water partition coefficient (Wildman–Crippen LogP) is 3.54. The monoisotopic (exact) mass is 418 g/mol. The highest BCUT2D eigenvalue weighted by atomic mass is 32.1. The number of hydrogen-bond donors (Lipinski definition) is 2.